The molecule has 0 amide bonds. The van der Waals surface area contributed by atoms with Crippen molar-refractivity contribution < 1.29 is 10.2 Å². The van der Waals surface area contributed by atoms with Gasteiger partial charge in [-0.15, -0.1) is 0 Å². The molecule has 0 spiro atoms. The van der Waals surface area contributed by atoms with Gasteiger partial charge in [-0.05, 0) is 12.8 Å². The van der Waals surface area contributed by atoms with Gasteiger partial charge in [0.2, 0.25) is 0 Å². The normalized spacial score (nSPS) is 12.0. The van der Waals surface area contributed by atoms with Crippen LogP contribution in [0.2, 0.25) is 0 Å². The van der Waals surface area contributed by atoms with E-state index in [1.54, 1.807) is 0 Å². The van der Waals surface area contributed by atoms with Crippen LogP contribution < -0.4 is 0 Å². The Kier molecular flexibility index (Phi) is 29.4. The zero-order valence-electron chi connectivity index (χ0n) is 25.3. The van der Waals surface area contributed by atoms with Crippen LogP contribution in [-0.2, 0) is 0 Å². The highest BCUT2D eigenvalue weighted by Gasteiger charge is 2.24. The third kappa shape index (κ3) is 27.0. The van der Waals surface area contributed by atoms with Gasteiger partial charge in [-0.2, -0.15) is 0 Å². The van der Waals surface area contributed by atoms with Gasteiger partial charge in [-0.3, -0.25) is 0 Å². The van der Waals surface area contributed by atoms with Crippen LogP contribution in [0.5, 0.6) is 0 Å². The van der Waals surface area contributed by atoms with E-state index in [0.717, 1.165) is 25.7 Å². The number of aliphatic hydroxyl groups is 2. The Hall–Kier alpha value is -0.0800. The van der Waals surface area contributed by atoms with E-state index in [4.69, 9.17) is 0 Å². The summed E-state index contributed by atoms with van der Waals surface area (Å²) >= 11 is 0. The van der Waals surface area contributed by atoms with Gasteiger partial charge in [0.25, 0.3) is 0 Å². The summed E-state index contributed by atoms with van der Waals surface area (Å²) in [5.74, 6) is 0. The first-order valence-electron chi connectivity index (χ1n) is 17.0. The average molecular weight is 511 g/mol. The molecule has 0 aromatic rings. The van der Waals surface area contributed by atoms with Crippen molar-refractivity contribution in [1.29, 1.82) is 0 Å². The Balaban J connectivity index is 3.41. The van der Waals surface area contributed by atoms with Crippen molar-refractivity contribution in [1.82, 2.24) is 0 Å². The highest BCUT2D eigenvalue weighted by Crippen LogP contribution is 2.23. The lowest BCUT2D eigenvalue weighted by molar-refractivity contribution is -0.0314. The van der Waals surface area contributed by atoms with Crippen molar-refractivity contribution in [2.45, 2.75) is 212 Å². The molecule has 218 valence electrons. The Morgan fingerprint density at radius 2 is 0.528 bits per heavy atom. The molecular weight excluding hydrogens is 440 g/mol. The van der Waals surface area contributed by atoms with Crippen LogP contribution in [0.3, 0.4) is 0 Å². The number of unbranched alkanes of at least 4 members (excludes halogenated alkanes) is 26. The molecule has 2 N–H and O–H groups in total. The fourth-order valence-electron chi connectivity index (χ4n) is 5.58. The van der Waals surface area contributed by atoms with Gasteiger partial charge < -0.3 is 10.2 Å². The van der Waals surface area contributed by atoms with Crippen molar-refractivity contribution in [3.8, 4) is 0 Å². The molecule has 0 bridgehead atoms. The maximum Gasteiger partial charge on any atom is 0.0877 e. The fraction of sp³-hybridized carbons (Fsp3) is 1.00. The minimum atomic E-state index is -0.825. The van der Waals surface area contributed by atoms with E-state index in [0.29, 0.717) is 0 Å². The van der Waals surface area contributed by atoms with Crippen LogP contribution in [0.25, 0.3) is 0 Å². The average Bonchev–Trinajstić information content (AvgIpc) is 2.89. The fourth-order valence-corrected chi connectivity index (χ4v) is 5.58. The molecule has 0 aliphatic heterocycles. The number of aliphatic hydroxyl groups excluding tert-OH is 1. The largest absolute Gasteiger partial charge is 0.393 e. The molecule has 0 atom stereocenters. The number of hydrogen-bond donors (Lipinski definition) is 2. The summed E-state index contributed by atoms with van der Waals surface area (Å²) in [6.45, 7) is 4.51. The van der Waals surface area contributed by atoms with Gasteiger partial charge >= 0.3 is 0 Å². The molecular formula is C34H70O2. The Labute approximate surface area is 228 Å². The molecule has 0 aliphatic rings. The molecule has 0 aromatic carbocycles. The lowest BCUT2D eigenvalue weighted by atomic mass is 9.90. The van der Waals surface area contributed by atoms with Gasteiger partial charge in [0.1, 0.15) is 0 Å². The second kappa shape index (κ2) is 29.5. The highest BCUT2D eigenvalue weighted by molar-refractivity contribution is 4.77. The molecule has 0 saturated carbocycles. The Bertz CT molecular complexity index is 363. The number of rotatable bonds is 31. The first kappa shape index (κ1) is 35.9. The van der Waals surface area contributed by atoms with Gasteiger partial charge in [0, 0.05) is 0 Å². The first-order chi connectivity index (χ1) is 17.7. The van der Waals surface area contributed by atoms with E-state index in [9.17, 15) is 10.2 Å². The second-order valence-corrected chi connectivity index (χ2v) is 12.1. The molecule has 0 rings (SSSR count). The maximum absolute atomic E-state index is 10.8. The van der Waals surface area contributed by atoms with E-state index < -0.39 is 5.60 Å². The van der Waals surface area contributed by atoms with E-state index in [2.05, 4.69) is 13.8 Å². The molecule has 0 radical (unpaired) electrons. The lowest BCUT2D eigenvalue weighted by Gasteiger charge is -2.26. The highest BCUT2D eigenvalue weighted by atomic mass is 16.3. The van der Waals surface area contributed by atoms with E-state index in [1.165, 1.54) is 167 Å². The van der Waals surface area contributed by atoms with Crippen molar-refractivity contribution in [2.24, 2.45) is 0 Å². The maximum atomic E-state index is 10.8. The Morgan fingerprint density at radius 3 is 0.722 bits per heavy atom. The zero-order chi connectivity index (χ0) is 26.4. The standard InChI is InChI=1S/C34H70O2/c1-3-5-7-9-11-13-15-17-19-21-23-25-27-29-31-34(36,33-35)32-30-28-26-24-22-20-18-16-14-12-10-8-6-4-2/h35-36H,3-33H2,1-2H3. The van der Waals surface area contributed by atoms with Gasteiger partial charge in [-0.1, -0.05) is 194 Å². The SMILES string of the molecule is CCCCCCCCCCCCCCCCC(O)(CO)CCCCCCCCCCCCCCCC. The summed E-state index contributed by atoms with van der Waals surface area (Å²) in [6.07, 6.45) is 39.6. The summed E-state index contributed by atoms with van der Waals surface area (Å²) in [6, 6.07) is 0. The van der Waals surface area contributed by atoms with Crippen molar-refractivity contribution in [3.05, 3.63) is 0 Å². The third-order valence-electron chi connectivity index (χ3n) is 8.29. The molecule has 0 aromatic heterocycles. The van der Waals surface area contributed by atoms with Crippen molar-refractivity contribution in [3.63, 3.8) is 0 Å². The monoisotopic (exact) mass is 511 g/mol. The van der Waals surface area contributed by atoms with E-state index in [1.807, 2.05) is 0 Å². The summed E-state index contributed by atoms with van der Waals surface area (Å²) in [4.78, 5) is 0. The molecule has 2 nitrogen and oxygen atoms in total. The molecule has 36 heavy (non-hydrogen) atoms. The summed E-state index contributed by atoms with van der Waals surface area (Å²) in [7, 11) is 0. The third-order valence-corrected chi connectivity index (χ3v) is 8.29. The molecule has 0 saturated heterocycles. The van der Waals surface area contributed by atoms with Crippen LogP contribution in [0.4, 0.5) is 0 Å². The quantitative estimate of drug-likeness (QED) is 0.0910. The summed E-state index contributed by atoms with van der Waals surface area (Å²) in [5.41, 5.74) is -0.825. The smallest absolute Gasteiger partial charge is 0.0877 e. The summed E-state index contributed by atoms with van der Waals surface area (Å²) in [5, 5.41) is 20.5. The molecule has 0 fully saturated rings. The van der Waals surface area contributed by atoms with E-state index >= 15 is 0 Å². The van der Waals surface area contributed by atoms with Crippen LogP contribution in [0, 0.1) is 0 Å². The van der Waals surface area contributed by atoms with Crippen LogP contribution in [-0.4, -0.2) is 22.4 Å². The first-order valence-corrected chi connectivity index (χ1v) is 17.0. The van der Waals surface area contributed by atoms with Crippen LogP contribution >= 0.6 is 0 Å². The minimum Gasteiger partial charge on any atom is -0.393 e. The topological polar surface area (TPSA) is 40.5 Å². The molecule has 2 heteroatoms. The molecule has 0 heterocycles. The summed E-state index contributed by atoms with van der Waals surface area (Å²) < 4.78 is 0. The van der Waals surface area contributed by atoms with Crippen molar-refractivity contribution in [2.75, 3.05) is 6.61 Å². The van der Waals surface area contributed by atoms with Crippen LogP contribution in [0.15, 0.2) is 0 Å². The van der Waals surface area contributed by atoms with Crippen LogP contribution in [0.1, 0.15) is 206 Å². The molecule has 0 aliphatic carbocycles. The van der Waals surface area contributed by atoms with E-state index in [-0.39, 0.29) is 6.61 Å². The zero-order valence-corrected chi connectivity index (χ0v) is 25.3. The minimum absolute atomic E-state index is 0.0656. The lowest BCUT2D eigenvalue weighted by Crippen LogP contribution is -2.33. The predicted molar refractivity (Wildman–Crippen MR) is 162 cm³/mol. The van der Waals surface area contributed by atoms with Gasteiger partial charge in [-0.25, -0.2) is 0 Å². The predicted octanol–water partition coefficient (Wildman–Crippen LogP) is 11.5. The second-order valence-electron chi connectivity index (χ2n) is 12.1. The molecule has 0 unspecified atom stereocenters. The Morgan fingerprint density at radius 1 is 0.333 bits per heavy atom. The number of hydrogen-bond acceptors (Lipinski definition) is 2. The van der Waals surface area contributed by atoms with Crippen molar-refractivity contribution >= 4 is 0 Å². The van der Waals surface area contributed by atoms with Gasteiger partial charge in [0.05, 0.1) is 12.2 Å². The van der Waals surface area contributed by atoms with Gasteiger partial charge in [0.15, 0.2) is 0 Å².